The van der Waals surface area contributed by atoms with E-state index in [0.29, 0.717) is 22.4 Å². The average Bonchev–Trinajstić information content (AvgIpc) is 2.70. The van der Waals surface area contributed by atoms with Gasteiger partial charge in [-0.3, -0.25) is 5.43 Å². The molecule has 0 saturated heterocycles. The average molecular weight is 409 g/mol. The standard InChI is InChI=1S/C21H16FN3O3S/c22-16-8-4-13(5-9-16)18-3-1-2-15(19(18)26)12-23-25-21(29)24-17-10-6-14(7-11-17)20(27)28/h1-12,26H,(H,27,28)(H2,24,25,29)/b23-12-. The van der Waals surface area contributed by atoms with E-state index in [1.165, 1.54) is 30.5 Å². The fraction of sp³-hybridized carbons (Fsp3) is 0. The summed E-state index contributed by atoms with van der Waals surface area (Å²) in [6, 6.07) is 17.0. The third kappa shape index (κ3) is 5.14. The number of anilines is 1. The van der Waals surface area contributed by atoms with Gasteiger partial charge in [0, 0.05) is 16.8 Å². The zero-order valence-corrected chi connectivity index (χ0v) is 15.8. The number of nitrogens with one attached hydrogen (secondary N) is 2. The van der Waals surface area contributed by atoms with Crippen LogP contribution in [0.1, 0.15) is 15.9 Å². The monoisotopic (exact) mass is 409 g/mol. The van der Waals surface area contributed by atoms with Crippen LogP contribution >= 0.6 is 12.2 Å². The molecule has 4 N–H and O–H groups in total. The number of rotatable bonds is 5. The van der Waals surface area contributed by atoms with Gasteiger partial charge in [-0.1, -0.05) is 24.3 Å². The number of thiocarbonyl (C=S) groups is 1. The van der Waals surface area contributed by atoms with Crippen LogP contribution in [0.25, 0.3) is 11.1 Å². The van der Waals surface area contributed by atoms with Crippen molar-refractivity contribution in [3.8, 4) is 16.9 Å². The van der Waals surface area contributed by atoms with E-state index in [1.54, 1.807) is 42.5 Å². The second-order valence-corrected chi connectivity index (χ2v) is 6.37. The molecule has 0 spiro atoms. The van der Waals surface area contributed by atoms with Gasteiger partial charge >= 0.3 is 5.97 Å². The van der Waals surface area contributed by atoms with E-state index < -0.39 is 5.97 Å². The summed E-state index contributed by atoms with van der Waals surface area (Å²) in [6.07, 6.45) is 1.41. The van der Waals surface area contributed by atoms with Crippen LogP contribution in [0.3, 0.4) is 0 Å². The molecule has 0 aromatic heterocycles. The minimum Gasteiger partial charge on any atom is -0.507 e. The highest BCUT2D eigenvalue weighted by Crippen LogP contribution is 2.31. The van der Waals surface area contributed by atoms with Gasteiger partial charge in [0.05, 0.1) is 11.8 Å². The summed E-state index contributed by atoms with van der Waals surface area (Å²) < 4.78 is 13.1. The number of hydrogen-bond acceptors (Lipinski definition) is 4. The van der Waals surface area contributed by atoms with E-state index in [-0.39, 0.29) is 22.2 Å². The molecule has 0 atom stereocenters. The lowest BCUT2D eigenvalue weighted by atomic mass is 10.0. The number of carboxylic acids is 1. The normalized spacial score (nSPS) is 10.7. The molecule has 3 aromatic carbocycles. The molecule has 0 amide bonds. The van der Waals surface area contributed by atoms with Gasteiger partial charge in [-0.25, -0.2) is 9.18 Å². The number of benzene rings is 3. The van der Waals surface area contributed by atoms with Crippen LogP contribution in [0.5, 0.6) is 5.75 Å². The third-order valence-corrected chi connectivity index (χ3v) is 4.18. The molecular weight excluding hydrogens is 393 g/mol. The number of phenols is 1. The summed E-state index contributed by atoms with van der Waals surface area (Å²) >= 11 is 5.13. The topological polar surface area (TPSA) is 94.0 Å². The van der Waals surface area contributed by atoms with Crippen LogP contribution in [-0.2, 0) is 0 Å². The number of para-hydroxylation sites is 1. The minimum atomic E-state index is -1.01. The van der Waals surface area contributed by atoms with Crippen LogP contribution in [0, 0.1) is 5.82 Å². The van der Waals surface area contributed by atoms with E-state index in [1.807, 2.05) is 0 Å². The van der Waals surface area contributed by atoms with Crippen molar-refractivity contribution in [2.24, 2.45) is 5.10 Å². The number of hydrogen-bond donors (Lipinski definition) is 4. The minimum absolute atomic E-state index is 0.00722. The number of aromatic carboxylic acids is 1. The summed E-state index contributed by atoms with van der Waals surface area (Å²) in [5, 5.41) is 26.4. The van der Waals surface area contributed by atoms with Crippen molar-refractivity contribution >= 4 is 35.2 Å². The third-order valence-electron chi connectivity index (χ3n) is 3.98. The van der Waals surface area contributed by atoms with Gasteiger partial charge in [0.15, 0.2) is 5.11 Å². The highest BCUT2D eigenvalue weighted by molar-refractivity contribution is 7.80. The maximum absolute atomic E-state index is 13.1. The molecule has 0 aliphatic carbocycles. The van der Waals surface area contributed by atoms with Gasteiger partial charge in [-0.05, 0) is 60.2 Å². The lowest BCUT2D eigenvalue weighted by Gasteiger charge is -2.08. The van der Waals surface area contributed by atoms with Crippen LogP contribution in [0.2, 0.25) is 0 Å². The molecule has 0 heterocycles. The fourth-order valence-corrected chi connectivity index (χ4v) is 2.71. The Bertz CT molecular complexity index is 1070. The number of carboxylic acid groups (broad SMARTS) is 1. The van der Waals surface area contributed by atoms with Crippen molar-refractivity contribution in [2.45, 2.75) is 0 Å². The Morgan fingerprint density at radius 3 is 2.38 bits per heavy atom. The largest absolute Gasteiger partial charge is 0.507 e. The van der Waals surface area contributed by atoms with Crippen molar-refractivity contribution in [3.63, 3.8) is 0 Å². The van der Waals surface area contributed by atoms with Crippen LogP contribution in [0.4, 0.5) is 10.1 Å². The fourth-order valence-electron chi connectivity index (χ4n) is 2.54. The molecule has 29 heavy (non-hydrogen) atoms. The SMILES string of the molecule is O=C(O)c1ccc(NC(=S)N/N=C\c2cccc(-c3ccc(F)cc3)c2O)cc1. The van der Waals surface area contributed by atoms with Crippen molar-refractivity contribution in [1.29, 1.82) is 0 Å². The van der Waals surface area contributed by atoms with E-state index in [4.69, 9.17) is 17.3 Å². The Kier molecular flexibility index (Phi) is 6.16. The highest BCUT2D eigenvalue weighted by atomic mass is 32.1. The maximum atomic E-state index is 13.1. The Balaban J connectivity index is 1.65. The summed E-state index contributed by atoms with van der Waals surface area (Å²) in [4.78, 5) is 10.9. The molecule has 0 radical (unpaired) electrons. The summed E-state index contributed by atoms with van der Waals surface area (Å²) in [6.45, 7) is 0. The molecule has 0 fully saturated rings. The first-order chi connectivity index (χ1) is 13.9. The van der Waals surface area contributed by atoms with E-state index in [9.17, 15) is 14.3 Å². The first kappa shape index (κ1) is 20.0. The highest BCUT2D eigenvalue weighted by Gasteiger charge is 2.08. The molecule has 0 aliphatic rings. The quantitative estimate of drug-likeness (QED) is 0.286. The predicted octanol–water partition coefficient (Wildman–Crippen LogP) is 4.22. The number of halogens is 1. The van der Waals surface area contributed by atoms with Crippen LogP contribution < -0.4 is 10.7 Å². The molecule has 0 aliphatic heterocycles. The maximum Gasteiger partial charge on any atom is 0.335 e. The number of carbonyl (C=O) groups is 1. The van der Waals surface area contributed by atoms with E-state index in [2.05, 4.69) is 15.8 Å². The number of phenolic OH excluding ortho intramolecular Hbond substituents is 1. The van der Waals surface area contributed by atoms with Gasteiger partial charge in [0.2, 0.25) is 0 Å². The van der Waals surface area contributed by atoms with Crippen molar-refractivity contribution in [3.05, 3.63) is 83.7 Å². The molecule has 0 unspecified atom stereocenters. The van der Waals surface area contributed by atoms with Crippen molar-refractivity contribution in [1.82, 2.24) is 5.43 Å². The van der Waals surface area contributed by atoms with Crippen molar-refractivity contribution in [2.75, 3.05) is 5.32 Å². The van der Waals surface area contributed by atoms with E-state index in [0.717, 1.165) is 0 Å². The second-order valence-electron chi connectivity index (χ2n) is 5.96. The van der Waals surface area contributed by atoms with Gasteiger partial charge in [-0.2, -0.15) is 5.10 Å². The first-order valence-corrected chi connectivity index (χ1v) is 8.86. The summed E-state index contributed by atoms with van der Waals surface area (Å²) in [5.74, 6) is -1.36. The number of nitrogens with zero attached hydrogens (tertiary/aromatic N) is 1. The molecule has 6 nitrogen and oxygen atoms in total. The number of hydrazone groups is 1. The molecule has 8 heteroatoms. The Hall–Kier alpha value is -3.78. The summed E-state index contributed by atoms with van der Waals surface area (Å²) in [5.41, 5.74) is 5.07. The predicted molar refractivity (Wildman–Crippen MR) is 114 cm³/mol. The summed E-state index contributed by atoms with van der Waals surface area (Å²) in [7, 11) is 0. The van der Waals surface area contributed by atoms with Gasteiger partial charge in [0.1, 0.15) is 11.6 Å². The van der Waals surface area contributed by atoms with Crippen molar-refractivity contribution < 1.29 is 19.4 Å². The van der Waals surface area contributed by atoms with Gasteiger partial charge in [-0.15, -0.1) is 0 Å². The van der Waals surface area contributed by atoms with Gasteiger partial charge in [0.25, 0.3) is 0 Å². The molecule has 3 aromatic rings. The first-order valence-electron chi connectivity index (χ1n) is 8.45. The smallest absolute Gasteiger partial charge is 0.335 e. The Labute approximate surface area is 171 Å². The number of aromatic hydroxyl groups is 1. The molecular formula is C21H16FN3O3S. The molecule has 146 valence electrons. The zero-order valence-electron chi connectivity index (χ0n) is 15.0. The molecule has 0 saturated carbocycles. The van der Waals surface area contributed by atoms with Gasteiger partial charge < -0.3 is 15.5 Å². The lowest BCUT2D eigenvalue weighted by molar-refractivity contribution is 0.0697. The molecule has 3 rings (SSSR count). The van der Waals surface area contributed by atoms with E-state index >= 15 is 0 Å². The Morgan fingerprint density at radius 1 is 1.03 bits per heavy atom. The lowest BCUT2D eigenvalue weighted by Crippen LogP contribution is -2.23. The van der Waals surface area contributed by atoms with Crippen LogP contribution in [-0.4, -0.2) is 27.5 Å². The van der Waals surface area contributed by atoms with Crippen LogP contribution in [0.15, 0.2) is 71.8 Å². The molecule has 0 bridgehead atoms. The zero-order chi connectivity index (χ0) is 20.8. The Morgan fingerprint density at radius 2 is 1.72 bits per heavy atom. The second kappa shape index (κ2) is 8.94.